The fourth-order valence-electron chi connectivity index (χ4n) is 4.87. The molecule has 6 rings (SSSR count). The topological polar surface area (TPSA) is 17.1 Å². The zero-order chi connectivity index (χ0) is 21.7. The summed E-state index contributed by atoms with van der Waals surface area (Å²) in [7, 11) is 0. The Kier molecular flexibility index (Phi) is 4.16. The van der Waals surface area contributed by atoms with Crippen LogP contribution in [0.5, 0.6) is 0 Å². The number of benzene rings is 6. The maximum atomic E-state index is 13.4. The van der Waals surface area contributed by atoms with Gasteiger partial charge in [0, 0.05) is 10.9 Å². The molecule has 0 aliphatic carbocycles. The normalized spacial score (nSPS) is 11.9. The Morgan fingerprint density at radius 3 is 1.88 bits per heavy atom. The molecule has 1 heteroatoms. The summed E-state index contributed by atoms with van der Waals surface area (Å²) < 4.78 is 0. The molecule has 6 aromatic carbocycles. The molecule has 150 valence electrons. The molecule has 0 heterocycles. The van der Waals surface area contributed by atoms with Crippen molar-refractivity contribution >= 4 is 61.0 Å². The van der Waals surface area contributed by atoms with Gasteiger partial charge < -0.3 is 0 Å². The lowest BCUT2D eigenvalue weighted by molar-refractivity contribution is 0.104. The van der Waals surface area contributed by atoms with Crippen LogP contribution in [0.1, 0.15) is 21.5 Å². The number of fused-ring (bicyclic) bond motifs is 2. The van der Waals surface area contributed by atoms with Crippen molar-refractivity contribution in [2.24, 2.45) is 0 Å². The van der Waals surface area contributed by atoms with E-state index in [4.69, 9.17) is 0 Å². The predicted octanol–water partition coefficient (Wildman–Crippen LogP) is 8.28. The van der Waals surface area contributed by atoms with Gasteiger partial charge in [-0.2, -0.15) is 0 Å². The van der Waals surface area contributed by atoms with E-state index in [-0.39, 0.29) is 5.78 Å². The molecule has 0 saturated carbocycles. The fraction of sp³-hybridized carbons (Fsp3) is 0. The van der Waals surface area contributed by atoms with Crippen molar-refractivity contribution < 1.29 is 4.79 Å². The third kappa shape index (κ3) is 2.75. The van der Waals surface area contributed by atoms with Gasteiger partial charge in [-0.1, -0.05) is 104 Å². The van der Waals surface area contributed by atoms with Crippen LogP contribution in [-0.2, 0) is 0 Å². The quantitative estimate of drug-likeness (QED) is 0.124. The molecule has 0 aromatic heterocycles. The first kappa shape index (κ1) is 18.5. The van der Waals surface area contributed by atoms with Crippen molar-refractivity contribution in [3.8, 4) is 0 Å². The zero-order valence-corrected chi connectivity index (χ0v) is 17.5. The second kappa shape index (κ2) is 7.18. The molecule has 0 bridgehead atoms. The highest BCUT2D eigenvalue weighted by molar-refractivity contribution is 6.36. The Balaban J connectivity index is 1.62. The molecule has 0 N–H and O–H groups in total. The van der Waals surface area contributed by atoms with Gasteiger partial charge in [0.25, 0.3) is 0 Å². The van der Waals surface area contributed by atoms with Gasteiger partial charge in [0.15, 0.2) is 5.78 Å². The van der Waals surface area contributed by atoms with E-state index in [0.717, 1.165) is 38.2 Å². The average Bonchev–Trinajstić information content (AvgIpc) is 2.85. The molecule has 0 spiro atoms. The summed E-state index contributed by atoms with van der Waals surface area (Å²) in [4.78, 5) is 13.4. The standard InChI is InChI=1S/C31H20O/c1-2-20-12-14-21(15-13-20)16-19-28(32)26-18-17-23-8-4-10-25-24-9-3-6-22-7-5-11-27(29(22)24)31(26)30(23)25/h2-19H,1H2/b19-16+. The maximum absolute atomic E-state index is 13.4. The van der Waals surface area contributed by atoms with Crippen LogP contribution in [0.25, 0.3) is 55.2 Å². The molecule has 1 nitrogen and oxygen atoms in total. The van der Waals surface area contributed by atoms with Crippen LogP contribution >= 0.6 is 0 Å². The zero-order valence-electron chi connectivity index (χ0n) is 17.5. The second-order valence-corrected chi connectivity index (χ2v) is 8.17. The minimum absolute atomic E-state index is 0.0147. The molecule has 0 fully saturated rings. The highest BCUT2D eigenvalue weighted by Crippen LogP contribution is 2.41. The van der Waals surface area contributed by atoms with Gasteiger partial charge in [-0.05, 0) is 61.0 Å². The van der Waals surface area contributed by atoms with Crippen LogP contribution in [0.2, 0.25) is 0 Å². The predicted molar refractivity (Wildman–Crippen MR) is 138 cm³/mol. The van der Waals surface area contributed by atoms with E-state index < -0.39 is 0 Å². The Hall–Kier alpha value is -4.23. The van der Waals surface area contributed by atoms with Crippen molar-refractivity contribution in [3.63, 3.8) is 0 Å². The summed E-state index contributed by atoms with van der Waals surface area (Å²) in [6, 6.07) is 31.2. The molecule has 0 aliphatic rings. The summed E-state index contributed by atoms with van der Waals surface area (Å²) >= 11 is 0. The number of carbonyl (C=O) groups is 1. The summed E-state index contributed by atoms with van der Waals surface area (Å²) in [5.74, 6) is 0.0147. The minimum Gasteiger partial charge on any atom is -0.289 e. The van der Waals surface area contributed by atoms with Crippen LogP contribution < -0.4 is 0 Å². The highest BCUT2D eigenvalue weighted by atomic mass is 16.1. The lowest BCUT2D eigenvalue weighted by Crippen LogP contribution is -1.98. The highest BCUT2D eigenvalue weighted by Gasteiger charge is 2.17. The SMILES string of the molecule is C=Cc1ccc(/C=C/C(=O)c2ccc3cccc4c5cccc6cccc(c2c34)c65)cc1. The van der Waals surface area contributed by atoms with Gasteiger partial charge >= 0.3 is 0 Å². The van der Waals surface area contributed by atoms with E-state index in [0.29, 0.717) is 0 Å². The summed E-state index contributed by atoms with van der Waals surface area (Å²) in [6.07, 6.45) is 5.38. The van der Waals surface area contributed by atoms with E-state index in [1.165, 1.54) is 21.5 Å². The third-order valence-electron chi connectivity index (χ3n) is 6.37. The van der Waals surface area contributed by atoms with Crippen molar-refractivity contribution in [2.45, 2.75) is 0 Å². The number of rotatable bonds is 4. The van der Waals surface area contributed by atoms with Gasteiger partial charge in [-0.15, -0.1) is 0 Å². The lowest BCUT2D eigenvalue weighted by atomic mass is 9.87. The van der Waals surface area contributed by atoms with E-state index in [9.17, 15) is 4.79 Å². The fourth-order valence-corrected chi connectivity index (χ4v) is 4.87. The largest absolute Gasteiger partial charge is 0.289 e. The monoisotopic (exact) mass is 408 g/mol. The van der Waals surface area contributed by atoms with Gasteiger partial charge in [0.1, 0.15) is 0 Å². The summed E-state index contributed by atoms with van der Waals surface area (Å²) in [6.45, 7) is 3.79. The first-order valence-corrected chi connectivity index (χ1v) is 10.8. The number of allylic oxidation sites excluding steroid dienone is 1. The van der Waals surface area contributed by atoms with Crippen molar-refractivity contribution in [1.82, 2.24) is 0 Å². The molecule has 0 aliphatic heterocycles. The summed E-state index contributed by atoms with van der Waals surface area (Å²) in [5.41, 5.74) is 2.80. The number of carbonyl (C=O) groups excluding carboxylic acids is 1. The maximum Gasteiger partial charge on any atom is 0.186 e. The van der Waals surface area contributed by atoms with Gasteiger partial charge in [-0.3, -0.25) is 4.79 Å². The Labute approximate surface area is 186 Å². The molecule has 0 atom stereocenters. The third-order valence-corrected chi connectivity index (χ3v) is 6.37. The van der Waals surface area contributed by atoms with Crippen molar-refractivity contribution in [2.75, 3.05) is 0 Å². The van der Waals surface area contributed by atoms with Crippen LogP contribution in [0.15, 0.2) is 104 Å². The van der Waals surface area contributed by atoms with Crippen LogP contribution in [-0.4, -0.2) is 5.78 Å². The molecule has 0 radical (unpaired) electrons. The molecule has 0 amide bonds. The Morgan fingerprint density at radius 2 is 1.19 bits per heavy atom. The van der Waals surface area contributed by atoms with Crippen LogP contribution in [0.3, 0.4) is 0 Å². The number of ketones is 1. The molecule has 6 aromatic rings. The average molecular weight is 409 g/mol. The lowest BCUT2D eigenvalue weighted by Gasteiger charge is -2.16. The molecule has 0 saturated heterocycles. The van der Waals surface area contributed by atoms with Gasteiger partial charge in [-0.25, -0.2) is 0 Å². The molecule has 32 heavy (non-hydrogen) atoms. The minimum atomic E-state index is 0.0147. The molecular weight excluding hydrogens is 388 g/mol. The van der Waals surface area contributed by atoms with E-state index in [1.54, 1.807) is 6.08 Å². The van der Waals surface area contributed by atoms with Gasteiger partial charge in [0.05, 0.1) is 0 Å². The van der Waals surface area contributed by atoms with Crippen LogP contribution in [0, 0.1) is 0 Å². The smallest absolute Gasteiger partial charge is 0.186 e. The van der Waals surface area contributed by atoms with Crippen molar-refractivity contribution in [1.29, 1.82) is 0 Å². The van der Waals surface area contributed by atoms with Crippen LogP contribution in [0.4, 0.5) is 0 Å². The first-order valence-electron chi connectivity index (χ1n) is 10.8. The van der Waals surface area contributed by atoms with E-state index >= 15 is 0 Å². The van der Waals surface area contributed by atoms with E-state index in [1.807, 2.05) is 42.5 Å². The van der Waals surface area contributed by atoms with Gasteiger partial charge in [0.2, 0.25) is 0 Å². The van der Waals surface area contributed by atoms with E-state index in [2.05, 4.69) is 67.2 Å². The summed E-state index contributed by atoms with van der Waals surface area (Å²) in [5, 5.41) is 9.34. The Morgan fingerprint density at radius 1 is 0.594 bits per heavy atom. The number of hydrogen-bond acceptors (Lipinski definition) is 1. The Bertz CT molecular complexity index is 1680. The molecular formula is C31H20O. The second-order valence-electron chi connectivity index (χ2n) is 8.17. The van der Waals surface area contributed by atoms with Crippen molar-refractivity contribution in [3.05, 3.63) is 120 Å². The first-order chi connectivity index (χ1) is 15.7. The number of hydrogen-bond donors (Lipinski definition) is 0. The molecule has 0 unspecified atom stereocenters.